The number of benzene rings is 1. The molecule has 1 rings (SSSR count). The van der Waals surface area contributed by atoms with E-state index in [1.165, 1.54) is 0 Å². The Hall–Kier alpha value is -2.04. The molecule has 0 radical (unpaired) electrons. The largest absolute Gasteiger partial charge is 0.481 e. The van der Waals surface area contributed by atoms with Crippen molar-refractivity contribution >= 4 is 17.7 Å². The maximum atomic E-state index is 11.9. The number of carboxylic acid groups (broad SMARTS) is 1. The van der Waals surface area contributed by atoms with Gasteiger partial charge in [0.2, 0.25) is 0 Å². The highest BCUT2D eigenvalue weighted by molar-refractivity contribution is 5.90. The van der Waals surface area contributed by atoms with Crippen molar-refractivity contribution in [2.45, 2.75) is 45.6 Å². The summed E-state index contributed by atoms with van der Waals surface area (Å²) in [5, 5.41) is 14.4. The van der Waals surface area contributed by atoms with Crippen LogP contribution in [0.4, 0.5) is 10.5 Å². The van der Waals surface area contributed by atoms with E-state index in [0.29, 0.717) is 11.3 Å². The van der Waals surface area contributed by atoms with Gasteiger partial charge in [0, 0.05) is 11.2 Å². The fourth-order valence-electron chi connectivity index (χ4n) is 1.80. The van der Waals surface area contributed by atoms with E-state index < -0.39 is 5.97 Å². The van der Waals surface area contributed by atoms with Crippen LogP contribution in [0.15, 0.2) is 24.3 Å². The predicted molar refractivity (Wildman–Crippen MR) is 78.9 cm³/mol. The molecule has 1 aromatic carbocycles. The first-order valence-electron chi connectivity index (χ1n) is 6.78. The number of rotatable bonds is 6. The number of carbonyl (C=O) groups excluding carboxylic acids is 1. The standard InChI is InChI=1S/C15H22N2O3/c1-4-15(3,5-2)17-14(20)16-12-8-6-7-11(9-12)10-13(18)19/h6-9H,4-5,10H2,1-3H3,(H,18,19)(H2,16,17,20). The lowest BCUT2D eigenvalue weighted by Crippen LogP contribution is -2.46. The van der Waals surface area contributed by atoms with Crippen molar-refractivity contribution in [3.8, 4) is 0 Å². The second kappa shape index (κ2) is 6.93. The van der Waals surface area contributed by atoms with Gasteiger partial charge in [-0.15, -0.1) is 0 Å². The minimum Gasteiger partial charge on any atom is -0.481 e. The summed E-state index contributed by atoms with van der Waals surface area (Å²) in [6.07, 6.45) is 1.63. The minimum absolute atomic E-state index is 0.0568. The molecule has 0 spiro atoms. The average Bonchev–Trinajstić information content (AvgIpc) is 2.38. The molecule has 0 fully saturated rings. The van der Waals surface area contributed by atoms with Gasteiger partial charge in [-0.05, 0) is 37.5 Å². The van der Waals surface area contributed by atoms with Crippen LogP contribution in [0.3, 0.4) is 0 Å². The summed E-state index contributed by atoms with van der Waals surface area (Å²) in [5.74, 6) is -0.892. The predicted octanol–water partition coefficient (Wildman–Crippen LogP) is 3.01. The third-order valence-corrected chi connectivity index (χ3v) is 3.52. The lowest BCUT2D eigenvalue weighted by Gasteiger charge is -2.28. The summed E-state index contributed by atoms with van der Waals surface area (Å²) in [7, 11) is 0. The lowest BCUT2D eigenvalue weighted by atomic mass is 9.96. The van der Waals surface area contributed by atoms with E-state index >= 15 is 0 Å². The van der Waals surface area contributed by atoms with Gasteiger partial charge in [-0.3, -0.25) is 4.79 Å². The summed E-state index contributed by atoms with van der Waals surface area (Å²) >= 11 is 0. The Kier molecular flexibility index (Phi) is 5.55. The maximum Gasteiger partial charge on any atom is 0.319 e. The van der Waals surface area contributed by atoms with Crippen LogP contribution in [0, 0.1) is 0 Å². The average molecular weight is 278 g/mol. The molecule has 5 nitrogen and oxygen atoms in total. The van der Waals surface area contributed by atoms with Crippen molar-refractivity contribution in [3.63, 3.8) is 0 Å². The summed E-state index contributed by atoms with van der Waals surface area (Å²) < 4.78 is 0. The van der Waals surface area contributed by atoms with Crippen LogP contribution >= 0.6 is 0 Å². The Morgan fingerprint density at radius 2 is 1.90 bits per heavy atom. The highest BCUT2D eigenvalue weighted by Gasteiger charge is 2.21. The van der Waals surface area contributed by atoms with Gasteiger partial charge < -0.3 is 15.7 Å². The second-order valence-electron chi connectivity index (χ2n) is 5.12. The van der Waals surface area contributed by atoms with E-state index in [2.05, 4.69) is 10.6 Å². The van der Waals surface area contributed by atoms with E-state index in [1.807, 2.05) is 20.8 Å². The van der Waals surface area contributed by atoms with Crippen molar-refractivity contribution in [2.24, 2.45) is 0 Å². The molecule has 5 heteroatoms. The monoisotopic (exact) mass is 278 g/mol. The smallest absolute Gasteiger partial charge is 0.319 e. The Bertz CT molecular complexity index is 482. The number of hydrogen-bond acceptors (Lipinski definition) is 2. The molecule has 0 saturated carbocycles. The van der Waals surface area contributed by atoms with Crippen molar-refractivity contribution in [3.05, 3.63) is 29.8 Å². The van der Waals surface area contributed by atoms with Crippen molar-refractivity contribution in [1.82, 2.24) is 5.32 Å². The molecule has 0 unspecified atom stereocenters. The first kappa shape index (κ1) is 16.0. The van der Waals surface area contributed by atoms with Crippen LogP contribution in [0.1, 0.15) is 39.2 Å². The third kappa shape index (κ3) is 4.91. The van der Waals surface area contributed by atoms with Gasteiger partial charge in [-0.2, -0.15) is 0 Å². The zero-order valence-corrected chi connectivity index (χ0v) is 12.2. The van der Waals surface area contributed by atoms with Gasteiger partial charge in [0.25, 0.3) is 0 Å². The highest BCUT2D eigenvalue weighted by Crippen LogP contribution is 2.15. The minimum atomic E-state index is -0.892. The molecule has 0 aliphatic carbocycles. The molecule has 0 aliphatic heterocycles. The van der Waals surface area contributed by atoms with Crippen molar-refractivity contribution in [2.75, 3.05) is 5.32 Å². The molecule has 1 aromatic rings. The fraction of sp³-hybridized carbons (Fsp3) is 0.467. The van der Waals surface area contributed by atoms with Crippen molar-refractivity contribution in [1.29, 1.82) is 0 Å². The second-order valence-corrected chi connectivity index (χ2v) is 5.12. The fourth-order valence-corrected chi connectivity index (χ4v) is 1.80. The van der Waals surface area contributed by atoms with Crippen LogP contribution in [0.2, 0.25) is 0 Å². The van der Waals surface area contributed by atoms with Crippen LogP contribution in [0.5, 0.6) is 0 Å². The van der Waals surface area contributed by atoms with Crippen LogP contribution < -0.4 is 10.6 Å². The van der Waals surface area contributed by atoms with Gasteiger partial charge in [0.1, 0.15) is 0 Å². The lowest BCUT2D eigenvalue weighted by molar-refractivity contribution is -0.136. The Morgan fingerprint density at radius 1 is 1.25 bits per heavy atom. The molecule has 3 N–H and O–H groups in total. The molecular weight excluding hydrogens is 256 g/mol. The quantitative estimate of drug-likeness (QED) is 0.748. The van der Waals surface area contributed by atoms with E-state index in [4.69, 9.17) is 5.11 Å². The Labute approximate surface area is 119 Å². The number of hydrogen-bond donors (Lipinski definition) is 3. The first-order valence-corrected chi connectivity index (χ1v) is 6.78. The van der Waals surface area contributed by atoms with E-state index in [-0.39, 0.29) is 18.0 Å². The van der Waals surface area contributed by atoms with Crippen LogP contribution in [-0.4, -0.2) is 22.6 Å². The summed E-state index contributed by atoms with van der Waals surface area (Å²) in [4.78, 5) is 22.6. The summed E-state index contributed by atoms with van der Waals surface area (Å²) in [5.41, 5.74) is 1.02. The van der Waals surface area contributed by atoms with Gasteiger partial charge >= 0.3 is 12.0 Å². The highest BCUT2D eigenvalue weighted by atomic mass is 16.4. The first-order chi connectivity index (χ1) is 9.38. The molecule has 0 heterocycles. The zero-order valence-electron chi connectivity index (χ0n) is 12.2. The Balaban J connectivity index is 2.68. The van der Waals surface area contributed by atoms with E-state index in [0.717, 1.165) is 12.8 Å². The molecule has 110 valence electrons. The third-order valence-electron chi connectivity index (χ3n) is 3.52. The molecule has 0 atom stereocenters. The van der Waals surface area contributed by atoms with Crippen LogP contribution in [-0.2, 0) is 11.2 Å². The zero-order chi connectivity index (χ0) is 15.2. The molecule has 0 bridgehead atoms. The molecule has 0 aromatic heterocycles. The topological polar surface area (TPSA) is 78.4 Å². The Morgan fingerprint density at radius 3 is 2.45 bits per heavy atom. The number of nitrogens with one attached hydrogen (secondary N) is 2. The molecule has 0 saturated heterocycles. The molecule has 0 aliphatic rings. The van der Waals surface area contributed by atoms with Gasteiger partial charge in [0.05, 0.1) is 6.42 Å². The number of carboxylic acids is 1. The number of carbonyl (C=O) groups is 2. The maximum absolute atomic E-state index is 11.9. The van der Waals surface area contributed by atoms with Crippen LogP contribution in [0.25, 0.3) is 0 Å². The number of anilines is 1. The van der Waals surface area contributed by atoms with E-state index in [9.17, 15) is 9.59 Å². The summed E-state index contributed by atoms with van der Waals surface area (Å²) in [6.45, 7) is 6.04. The van der Waals surface area contributed by atoms with Crippen molar-refractivity contribution < 1.29 is 14.7 Å². The number of aliphatic carboxylic acids is 1. The normalized spacial score (nSPS) is 10.9. The molecule has 20 heavy (non-hydrogen) atoms. The van der Waals surface area contributed by atoms with Gasteiger partial charge in [0.15, 0.2) is 0 Å². The molecular formula is C15H22N2O3. The SMILES string of the molecule is CCC(C)(CC)NC(=O)Nc1cccc(CC(=O)O)c1. The van der Waals surface area contributed by atoms with E-state index in [1.54, 1.807) is 24.3 Å². The molecule has 2 amide bonds. The summed E-state index contributed by atoms with van der Waals surface area (Å²) in [6, 6.07) is 6.58. The number of amides is 2. The number of urea groups is 1. The van der Waals surface area contributed by atoms with Gasteiger partial charge in [-0.1, -0.05) is 26.0 Å². The van der Waals surface area contributed by atoms with Gasteiger partial charge in [-0.25, -0.2) is 4.79 Å².